The number of hydrogen-bond acceptors (Lipinski definition) is 3. The molecule has 56 heavy (non-hydrogen) atoms. The van der Waals surface area contributed by atoms with Gasteiger partial charge in [0.25, 0.3) is 0 Å². The average molecular weight is 749 g/mol. The van der Waals surface area contributed by atoms with E-state index < -0.39 is 0 Å². The van der Waals surface area contributed by atoms with Crippen molar-refractivity contribution in [1.29, 1.82) is 0 Å². The van der Waals surface area contributed by atoms with Gasteiger partial charge < -0.3 is 10.2 Å². The summed E-state index contributed by atoms with van der Waals surface area (Å²) in [6.45, 7) is 16.8. The van der Waals surface area contributed by atoms with Crippen LogP contribution in [0.4, 0.5) is 28.4 Å². The molecule has 3 heterocycles. The second-order valence-electron chi connectivity index (χ2n) is 18.7. The number of nitrogens with one attached hydrogen (secondary N) is 1. The predicted molar refractivity (Wildman–Crippen MR) is 246 cm³/mol. The Labute approximate surface area is 338 Å². The summed E-state index contributed by atoms with van der Waals surface area (Å²) in [7, 11) is 0.905. The Morgan fingerprint density at radius 2 is 1.43 bits per heavy atom. The van der Waals surface area contributed by atoms with E-state index >= 15 is 0 Å². The highest BCUT2D eigenvalue weighted by molar-refractivity contribution is 7.26. The van der Waals surface area contributed by atoms with Gasteiger partial charge in [0.05, 0.1) is 11.4 Å². The maximum Gasteiger partial charge on any atom is 0.198 e. The summed E-state index contributed by atoms with van der Waals surface area (Å²) >= 11 is 1.91. The van der Waals surface area contributed by atoms with Crippen molar-refractivity contribution < 1.29 is 0 Å². The molecule has 0 unspecified atom stereocenters. The molecule has 1 aliphatic carbocycles. The number of hydrogen-bond donors (Lipinski definition) is 1. The van der Waals surface area contributed by atoms with Gasteiger partial charge in [0.2, 0.25) is 0 Å². The van der Waals surface area contributed by atoms with Crippen molar-refractivity contribution in [2.75, 3.05) is 10.2 Å². The molecule has 0 fully saturated rings. The Hall–Kier alpha value is -4.80. The standard InChI is InChI=1S/C52H53BN2S/c1-8-9-10-16-32-29-36(47-43(30-32)55-42-21-13-12-18-38(42)52(6,7)39-19-15-20-41(53-47)49(39)55)34-24-26-45-46(35-17-11-14-22-44(35)56-45)48(34)54-33-23-25-37-40(31-33)51(4,5)28-27-50(37,2)3/h11-15,17-26,29-31,53-54H,8-10,16,27-28H2,1-7H3. The first-order chi connectivity index (χ1) is 27.0. The Balaban J connectivity index is 1.24. The number of thiophene rings is 1. The summed E-state index contributed by atoms with van der Waals surface area (Å²) in [5.74, 6) is 0. The van der Waals surface area contributed by atoms with Gasteiger partial charge in [-0.15, -0.1) is 11.3 Å². The van der Waals surface area contributed by atoms with Gasteiger partial charge >= 0.3 is 0 Å². The van der Waals surface area contributed by atoms with Crippen LogP contribution in [-0.2, 0) is 22.7 Å². The van der Waals surface area contributed by atoms with E-state index in [1.165, 1.54) is 131 Å². The maximum atomic E-state index is 4.17. The molecular weight excluding hydrogens is 695 g/mol. The molecule has 280 valence electrons. The molecule has 7 aromatic rings. The number of para-hydroxylation sites is 2. The number of aryl methyl sites for hydroxylation is 1. The van der Waals surface area contributed by atoms with Crippen LogP contribution in [0.1, 0.15) is 108 Å². The molecule has 1 N–H and O–H groups in total. The molecule has 0 spiro atoms. The largest absolute Gasteiger partial charge is 0.354 e. The zero-order chi connectivity index (χ0) is 38.6. The first-order valence-corrected chi connectivity index (χ1v) is 21.8. The van der Waals surface area contributed by atoms with E-state index in [2.05, 4.69) is 168 Å². The molecule has 0 amide bonds. The Morgan fingerprint density at radius 3 is 2.27 bits per heavy atom. The second kappa shape index (κ2) is 12.9. The fraction of sp³-hybridized carbons (Fsp3) is 0.308. The van der Waals surface area contributed by atoms with E-state index in [0.717, 1.165) is 13.7 Å². The third-order valence-corrected chi connectivity index (χ3v) is 14.9. The number of nitrogens with zero attached hydrogens (tertiary/aromatic N) is 1. The summed E-state index contributed by atoms with van der Waals surface area (Å²) in [5, 5.41) is 6.82. The van der Waals surface area contributed by atoms with Crippen LogP contribution in [0.2, 0.25) is 0 Å². The van der Waals surface area contributed by atoms with Gasteiger partial charge in [0.1, 0.15) is 0 Å². The van der Waals surface area contributed by atoms with Gasteiger partial charge in [0, 0.05) is 48.2 Å². The quantitative estimate of drug-likeness (QED) is 0.129. The van der Waals surface area contributed by atoms with Crippen LogP contribution in [-0.4, -0.2) is 7.28 Å². The highest BCUT2D eigenvalue weighted by atomic mass is 32.1. The van der Waals surface area contributed by atoms with E-state index in [4.69, 9.17) is 0 Å². The van der Waals surface area contributed by atoms with Gasteiger partial charge in [-0.25, -0.2) is 0 Å². The van der Waals surface area contributed by atoms with Crippen LogP contribution < -0.4 is 21.1 Å². The average Bonchev–Trinajstić information content (AvgIpc) is 3.58. The van der Waals surface area contributed by atoms with Crippen LogP contribution in [0.25, 0.3) is 31.3 Å². The van der Waals surface area contributed by atoms with Crippen molar-refractivity contribution in [2.45, 2.75) is 103 Å². The lowest BCUT2D eigenvalue weighted by Crippen LogP contribution is -2.45. The first kappa shape index (κ1) is 35.6. The Morgan fingerprint density at radius 1 is 0.661 bits per heavy atom. The van der Waals surface area contributed by atoms with Gasteiger partial charge in [-0.2, -0.15) is 0 Å². The van der Waals surface area contributed by atoms with Crippen LogP contribution in [0.15, 0.2) is 109 Å². The molecular formula is C52H53BN2S. The molecule has 0 bridgehead atoms. The number of benzene rings is 6. The highest BCUT2D eigenvalue weighted by Gasteiger charge is 2.41. The normalized spacial score (nSPS) is 16.8. The van der Waals surface area contributed by atoms with Crippen molar-refractivity contribution in [3.8, 4) is 11.1 Å². The van der Waals surface area contributed by atoms with Crippen molar-refractivity contribution in [3.63, 3.8) is 0 Å². The van der Waals surface area contributed by atoms with Gasteiger partial charge in [-0.3, -0.25) is 0 Å². The zero-order valence-electron chi connectivity index (χ0n) is 34.2. The smallest absolute Gasteiger partial charge is 0.198 e. The second-order valence-corrected chi connectivity index (χ2v) is 19.8. The van der Waals surface area contributed by atoms with E-state index in [9.17, 15) is 0 Å². The Kier molecular flexibility index (Phi) is 8.18. The topological polar surface area (TPSA) is 15.3 Å². The van der Waals surface area contributed by atoms with Crippen LogP contribution in [0.5, 0.6) is 0 Å². The molecule has 0 atom stereocenters. The fourth-order valence-corrected chi connectivity index (χ4v) is 11.6. The lowest BCUT2D eigenvalue weighted by Gasteiger charge is -2.46. The molecule has 4 heteroatoms. The summed E-state index contributed by atoms with van der Waals surface area (Å²) in [6, 6.07) is 42.3. The maximum absolute atomic E-state index is 4.17. The molecule has 6 aromatic carbocycles. The molecule has 1 aromatic heterocycles. The van der Waals surface area contributed by atoms with E-state index in [-0.39, 0.29) is 16.2 Å². The van der Waals surface area contributed by atoms with E-state index in [1.54, 1.807) is 0 Å². The fourth-order valence-electron chi connectivity index (χ4n) is 10.5. The zero-order valence-corrected chi connectivity index (χ0v) is 35.0. The molecule has 2 aliphatic heterocycles. The highest BCUT2D eigenvalue weighted by Crippen LogP contribution is 2.53. The third-order valence-electron chi connectivity index (χ3n) is 13.8. The molecule has 0 saturated heterocycles. The van der Waals surface area contributed by atoms with Crippen molar-refractivity contribution in [1.82, 2.24) is 0 Å². The molecule has 3 aliphatic rings. The van der Waals surface area contributed by atoms with Crippen LogP contribution >= 0.6 is 11.3 Å². The SMILES string of the molecule is CCCCCc1cc(-c2ccc3sc4ccccc4c3c2Nc2ccc3c(c2)C(C)(C)CCC3(C)C)c2c(c1)N1c3ccccc3C(C)(C)c3cccc(c31)B2. The lowest BCUT2D eigenvalue weighted by molar-refractivity contribution is 0.332. The molecule has 10 rings (SSSR count). The first-order valence-electron chi connectivity index (χ1n) is 21.0. The van der Waals surface area contributed by atoms with Crippen molar-refractivity contribution in [3.05, 3.63) is 137 Å². The van der Waals surface area contributed by atoms with Gasteiger partial charge in [-0.1, -0.05) is 140 Å². The van der Waals surface area contributed by atoms with Gasteiger partial charge in [0.15, 0.2) is 7.28 Å². The van der Waals surface area contributed by atoms with E-state index in [0.29, 0.717) is 0 Å². The monoisotopic (exact) mass is 748 g/mol. The van der Waals surface area contributed by atoms with Crippen LogP contribution in [0.3, 0.4) is 0 Å². The number of rotatable bonds is 7. The lowest BCUT2D eigenvalue weighted by atomic mass is 9.55. The summed E-state index contributed by atoms with van der Waals surface area (Å²) in [4.78, 5) is 2.63. The molecule has 2 nitrogen and oxygen atoms in total. The van der Waals surface area contributed by atoms with E-state index in [1.807, 2.05) is 11.3 Å². The molecule has 0 saturated carbocycles. The summed E-state index contributed by atoms with van der Waals surface area (Å²) in [5.41, 5.74) is 19.3. The predicted octanol–water partition coefficient (Wildman–Crippen LogP) is 13.4. The minimum Gasteiger partial charge on any atom is -0.354 e. The minimum atomic E-state index is -0.0850. The number of fused-ring (bicyclic) bond motifs is 8. The third kappa shape index (κ3) is 5.42. The van der Waals surface area contributed by atoms with Crippen molar-refractivity contribution in [2.24, 2.45) is 0 Å². The van der Waals surface area contributed by atoms with Gasteiger partial charge in [-0.05, 0) is 112 Å². The summed E-state index contributed by atoms with van der Waals surface area (Å²) < 4.78 is 2.66. The van der Waals surface area contributed by atoms with Crippen LogP contribution in [0, 0.1) is 0 Å². The van der Waals surface area contributed by atoms with Crippen molar-refractivity contribution >= 4 is 78.2 Å². The summed E-state index contributed by atoms with van der Waals surface area (Å²) in [6.07, 6.45) is 7.14. The number of unbranched alkanes of at least 4 members (excludes halogenated alkanes) is 2. The molecule has 0 radical (unpaired) electrons. The minimum absolute atomic E-state index is 0.0850. The Bertz CT molecular complexity index is 2710. The number of anilines is 5.